The number of benzene rings is 7. The Hall–Kier alpha value is -6.65. The van der Waals surface area contributed by atoms with Crippen molar-refractivity contribution in [1.82, 2.24) is 15.0 Å². The minimum absolute atomic E-state index is 0.123. The van der Waals surface area contributed by atoms with Crippen molar-refractivity contribution >= 4 is 21.9 Å². The molecule has 1 aliphatic rings. The van der Waals surface area contributed by atoms with Gasteiger partial charge in [-0.2, -0.15) is 0 Å². The Labute approximate surface area is 302 Å². The van der Waals surface area contributed by atoms with Gasteiger partial charge in [0.2, 0.25) is 0 Å². The molecule has 0 N–H and O–H groups in total. The lowest BCUT2D eigenvalue weighted by Gasteiger charge is -2.21. The fourth-order valence-corrected chi connectivity index (χ4v) is 7.78. The van der Waals surface area contributed by atoms with Gasteiger partial charge in [0.15, 0.2) is 17.5 Å². The zero-order valence-electron chi connectivity index (χ0n) is 28.8. The van der Waals surface area contributed by atoms with Crippen LogP contribution in [0.4, 0.5) is 0 Å². The van der Waals surface area contributed by atoms with Crippen molar-refractivity contribution in [3.63, 3.8) is 0 Å². The molecule has 0 spiro atoms. The topological polar surface area (TPSA) is 51.8 Å². The van der Waals surface area contributed by atoms with E-state index in [0.29, 0.717) is 17.5 Å². The Balaban J connectivity index is 1.00. The smallest absolute Gasteiger partial charge is 0.164 e. The normalized spacial score (nSPS) is 13.0. The first-order valence-corrected chi connectivity index (χ1v) is 17.7. The highest BCUT2D eigenvalue weighted by atomic mass is 16.3. The van der Waals surface area contributed by atoms with Gasteiger partial charge in [-0.3, -0.25) is 0 Å². The fraction of sp³-hybridized carbons (Fsp3) is 0.0625. The first-order valence-electron chi connectivity index (χ1n) is 17.7. The van der Waals surface area contributed by atoms with Crippen molar-refractivity contribution in [3.8, 4) is 67.5 Å². The lowest BCUT2D eigenvalue weighted by atomic mass is 9.82. The molecule has 0 amide bonds. The van der Waals surface area contributed by atoms with Crippen molar-refractivity contribution in [3.05, 3.63) is 175 Å². The van der Waals surface area contributed by atoms with Gasteiger partial charge < -0.3 is 4.42 Å². The summed E-state index contributed by atoms with van der Waals surface area (Å²) in [4.78, 5) is 14.7. The maximum Gasteiger partial charge on any atom is 0.164 e. The van der Waals surface area contributed by atoms with Gasteiger partial charge in [-0.15, -0.1) is 0 Å². The van der Waals surface area contributed by atoms with Gasteiger partial charge in [0.25, 0.3) is 0 Å². The molecule has 52 heavy (non-hydrogen) atoms. The summed E-state index contributed by atoms with van der Waals surface area (Å²) in [5, 5.41) is 2.32. The highest BCUT2D eigenvalue weighted by molar-refractivity contribution is 6.08. The molecule has 0 radical (unpaired) electrons. The standard InChI is InChI=1S/C48H33N3O/c1-48(2)41-25-24-36(27-38(41)39-28-40-37-18-9-10-19-43(37)52-44(40)29-42(39)48)35-17-11-16-34(26-35)30-20-22-33(23-21-30)47-50-45(31-12-5-3-6-13-31)49-46(51-47)32-14-7-4-8-15-32/h3-29H,1-2H3. The predicted molar refractivity (Wildman–Crippen MR) is 212 cm³/mol. The second-order valence-corrected chi connectivity index (χ2v) is 14.1. The summed E-state index contributed by atoms with van der Waals surface area (Å²) in [5.41, 5.74) is 14.5. The van der Waals surface area contributed by atoms with E-state index in [9.17, 15) is 0 Å². The van der Waals surface area contributed by atoms with Gasteiger partial charge in [0, 0.05) is 32.9 Å². The van der Waals surface area contributed by atoms with Crippen LogP contribution in [-0.2, 0) is 5.41 Å². The molecule has 0 bridgehead atoms. The van der Waals surface area contributed by atoms with E-state index in [-0.39, 0.29) is 5.41 Å². The molecule has 0 aliphatic heterocycles. The first kappa shape index (κ1) is 30.2. The van der Waals surface area contributed by atoms with Crippen LogP contribution in [0.3, 0.4) is 0 Å². The van der Waals surface area contributed by atoms with Crippen LogP contribution in [0.25, 0.3) is 89.5 Å². The van der Waals surface area contributed by atoms with Crippen LogP contribution in [0.1, 0.15) is 25.0 Å². The van der Waals surface area contributed by atoms with Crippen LogP contribution in [0.2, 0.25) is 0 Å². The fourth-order valence-electron chi connectivity index (χ4n) is 7.78. The molecule has 0 saturated heterocycles. The third-order valence-corrected chi connectivity index (χ3v) is 10.5. The lowest BCUT2D eigenvalue weighted by molar-refractivity contribution is 0.647. The molecular weight excluding hydrogens is 635 g/mol. The van der Waals surface area contributed by atoms with Gasteiger partial charge in [0.05, 0.1) is 0 Å². The summed E-state index contributed by atoms with van der Waals surface area (Å²) in [6.07, 6.45) is 0. The van der Waals surface area contributed by atoms with E-state index >= 15 is 0 Å². The number of hydrogen-bond acceptors (Lipinski definition) is 4. The zero-order chi connectivity index (χ0) is 34.8. The molecule has 0 unspecified atom stereocenters. The van der Waals surface area contributed by atoms with Crippen LogP contribution in [0.5, 0.6) is 0 Å². The second kappa shape index (κ2) is 11.7. The number of furan rings is 1. The third-order valence-electron chi connectivity index (χ3n) is 10.5. The summed E-state index contributed by atoms with van der Waals surface area (Å²) < 4.78 is 6.29. The Bertz CT molecular complexity index is 2740. The Morgan fingerprint density at radius 3 is 1.54 bits per heavy atom. The molecule has 4 heteroatoms. The summed E-state index contributed by atoms with van der Waals surface area (Å²) in [7, 11) is 0. The van der Waals surface area contributed by atoms with Crippen LogP contribution < -0.4 is 0 Å². The Morgan fingerprint density at radius 1 is 0.365 bits per heavy atom. The van der Waals surface area contributed by atoms with Crippen LogP contribution in [-0.4, -0.2) is 15.0 Å². The highest BCUT2D eigenvalue weighted by Gasteiger charge is 2.36. The summed E-state index contributed by atoms with van der Waals surface area (Å²) in [5.74, 6) is 1.96. The molecular formula is C48H33N3O. The maximum absolute atomic E-state index is 6.29. The molecule has 0 fully saturated rings. The van der Waals surface area contributed by atoms with E-state index in [1.54, 1.807) is 0 Å². The van der Waals surface area contributed by atoms with Crippen LogP contribution in [0, 0.1) is 0 Å². The second-order valence-electron chi connectivity index (χ2n) is 14.1. The number of fused-ring (bicyclic) bond motifs is 6. The quantitative estimate of drug-likeness (QED) is 0.183. The number of nitrogens with zero attached hydrogens (tertiary/aromatic N) is 3. The van der Waals surface area contributed by atoms with Crippen LogP contribution >= 0.6 is 0 Å². The Kier molecular flexibility index (Phi) is 6.80. The highest BCUT2D eigenvalue weighted by Crippen LogP contribution is 2.51. The van der Waals surface area contributed by atoms with Gasteiger partial charge in [0.1, 0.15) is 11.2 Å². The molecule has 10 rings (SSSR count). The van der Waals surface area contributed by atoms with E-state index in [0.717, 1.165) is 44.4 Å². The lowest BCUT2D eigenvalue weighted by Crippen LogP contribution is -2.14. The third kappa shape index (κ3) is 4.95. The monoisotopic (exact) mass is 667 g/mol. The average molecular weight is 668 g/mol. The maximum atomic E-state index is 6.29. The predicted octanol–water partition coefficient (Wildman–Crippen LogP) is 12.4. The van der Waals surface area contributed by atoms with Gasteiger partial charge in [-0.05, 0) is 74.8 Å². The summed E-state index contributed by atoms with van der Waals surface area (Å²) in [6, 6.07) is 57.4. The average Bonchev–Trinajstić information content (AvgIpc) is 3.68. The van der Waals surface area contributed by atoms with Gasteiger partial charge in [-0.25, -0.2) is 15.0 Å². The zero-order valence-corrected chi connectivity index (χ0v) is 28.8. The van der Waals surface area contributed by atoms with E-state index < -0.39 is 0 Å². The van der Waals surface area contributed by atoms with Crippen LogP contribution in [0.15, 0.2) is 168 Å². The van der Waals surface area contributed by atoms with Crippen molar-refractivity contribution in [2.45, 2.75) is 19.3 Å². The molecule has 4 nitrogen and oxygen atoms in total. The molecule has 0 saturated carbocycles. The minimum Gasteiger partial charge on any atom is -0.456 e. The van der Waals surface area contributed by atoms with E-state index in [4.69, 9.17) is 19.4 Å². The SMILES string of the molecule is CC1(C)c2ccc(-c3cccc(-c4ccc(-c5nc(-c6ccccc6)nc(-c6ccccc6)n5)cc4)c3)cc2-c2cc3c(cc21)oc1ccccc13. The summed E-state index contributed by atoms with van der Waals surface area (Å²) in [6.45, 7) is 4.64. The van der Waals surface area contributed by atoms with Crippen molar-refractivity contribution in [2.24, 2.45) is 0 Å². The van der Waals surface area contributed by atoms with Crippen molar-refractivity contribution in [1.29, 1.82) is 0 Å². The molecule has 2 aromatic heterocycles. The first-order chi connectivity index (χ1) is 25.5. The number of rotatable bonds is 5. The largest absolute Gasteiger partial charge is 0.456 e. The van der Waals surface area contributed by atoms with Crippen molar-refractivity contribution < 1.29 is 4.42 Å². The van der Waals surface area contributed by atoms with Crippen molar-refractivity contribution in [2.75, 3.05) is 0 Å². The molecule has 246 valence electrons. The number of para-hydroxylation sites is 1. The number of hydrogen-bond donors (Lipinski definition) is 0. The molecule has 1 aliphatic carbocycles. The molecule has 9 aromatic rings. The number of aromatic nitrogens is 3. The summed E-state index contributed by atoms with van der Waals surface area (Å²) >= 11 is 0. The van der Waals surface area contributed by atoms with Gasteiger partial charge in [-0.1, -0.05) is 147 Å². The van der Waals surface area contributed by atoms with E-state index in [1.165, 1.54) is 38.8 Å². The minimum atomic E-state index is -0.123. The molecule has 7 aromatic carbocycles. The Morgan fingerprint density at radius 2 is 0.865 bits per heavy atom. The van der Waals surface area contributed by atoms with E-state index in [2.05, 4.69) is 111 Å². The molecule has 2 heterocycles. The molecule has 0 atom stereocenters. The van der Waals surface area contributed by atoms with E-state index in [1.807, 2.05) is 66.7 Å². The van der Waals surface area contributed by atoms with Gasteiger partial charge >= 0.3 is 0 Å².